The number of thiazole rings is 1. The molecular formula is C11H17FN2S. The van der Waals surface area contributed by atoms with E-state index in [4.69, 9.17) is 0 Å². The molecule has 1 N–H and O–H groups in total. The molecule has 1 aliphatic rings. The summed E-state index contributed by atoms with van der Waals surface area (Å²) in [4.78, 5) is 4.36. The van der Waals surface area contributed by atoms with Gasteiger partial charge in [-0.1, -0.05) is 0 Å². The third-order valence-electron chi connectivity index (χ3n) is 2.79. The van der Waals surface area contributed by atoms with E-state index < -0.39 is 5.67 Å². The van der Waals surface area contributed by atoms with Gasteiger partial charge in [-0.2, -0.15) is 0 Å². The molecule has 1 aliphatic heterocycles. The Bertz CT molecular complexity index is 324. The minimum atomic E-state index is -1.30. The molecule has 1 saturated heterocycles. The number of alkyl halides is 1. The Labute approximate surface area is 93.9 Å². The standard InChI is InChI=1S/C11H17FN2S/c1-11(2,12)9-7-15-10(14-9)5-8-3-4-13-6-8/h7-8,13H,3-6H2,1-2H3. The van der Waals surface area contributed by atoms with Crippen molar-refractivity contribution >= 4 is 11.3 Å². The monoisotopic (exact) mass is 228 g/mol. The van der Waals surface area contributed by atoms with Gasteiger partial charge in [0.15, 0.2) is 0 Å². The van der Waals surface area contributed by atoms with Gasteiger partial charge in [0.25, 0.3) is 0 Å². The van der Waals surface area contributed by atoms with Crippen LogP contribution in [0.2, 0.25) is 0 Å². The smallest absolute Gasteiger partial charge is 0.148 e. The summed E-state index contributed by atoms with van der Waals surface area (Å²) in [5.74, 6) is 0.687. The van der Waals surface area contributed by atoms with Gasteiger partial charge in [0.1, 0.15) is 5.67 Å². The number of nitrogens with zero attached hydrogens (tertiary/aromatic N) is 1. The number of aromatic nitrogens is 1. The second-order valence-corrected chi connectivity index (χ2v) is 5.60. The van der Waals surface area contributed by atoms with E-state index in [1.807, 2.05) is 5.38 Å². The topological polar surface area (TPSA) is 24.9 Å². The Kier molecular flexibility index (Phi) is 3.07. The molecule has 2 heterocycles. The Morgan fingerprint density at radius 1 is 1.67 bits per heavy atom. The van der Waals surface area contributed by atoms with E-state index in [0.29, 0.717) is 11.6 Å². The van der Waals surface area contributed by atoms with Gasteiger partial charge in [0, 0.05) is 11.8 Å². The summed E-state index contributed by atoms with van der Waals surface area (Å²) in [6.07, 6.45) is 2.21. The lowest BCUT2D eigenvalue weighted by Gasteiger charge is -2.09. The van der Waals surface area contributed by atoms with E-state index in [1.165, 1.54) is 6.42 Å². The molecule has 1 unspecified atom stereocenters. The van der Waals surface area contributed by atoms with Crippen LogP contribution in [0.15, 0.2) is 5.38 Å². The zero-order valence-electron chi connectivity index (χ0n) is 9.22. The molecule has 0 bridgehead atoms. The molecule has 1 atom stereocenters. The van der Waals surface area contributed by atoms with Crippen LogP contribution in [0.4, 0.5) is 4.39 Å². The SMILES string of the molecule is CC(C)(F)c1csc(CC2CCNC2)n1. The van der Waals surface area contributed by atoms with Crippen LogP contribution in [0.3, 0.4) is 0 Å². The Balaban J connectivity index is 2.00. The molecule has 84 valence electrons. The predicted molar refractivity (Wildman–Crippen MR) is 60.9 cm³/mol. The van der Waals surface area contributed by atoms with Gasteiger partial charge in [0.2, 0.25) is 0 Å². The van der Waals surface area contributed by atoms with E-state index in [1.54, 1.807) is 25.2 Å². The van der Waals surface area contributed by atoms with Crippen molar-refractivity contribution in [3.63, 3.8) is 0 Å². The molecule has 0 aliphatic carbocycles. The molecule has 1 aromatic rings. The van der Waals surface area contributed by atoms with Crippen molar-refractivity contribution < 1.29 is 4.39 Å². The Morgan fingerprint density at radius 2 is 2.47 bits per heavy atom. The van der Waals surface area contributed by atoms with Crippen LogP contribution in [0.25, 0.3) is 0 Å². The van der Waals surface area contributed by atoms with Gasteiger partial charge >= 0.3 is 0 Å². The van der Waals surface area contributed by atoms with E-state index in [9.17, 15) is 4.39 Å². The first-order valence-electron chi connectivity index (χ1n) is 5.40. The van der Waals surface area contributed by atoms with E-state index in [2.05, 4.69) is 10.3 Å². The predicted octanol–water partition coefficient (Wildman–Crippen LogP) is 2.50. The van der Waals surface area contributed by atoms with Crippen molar-refractivity contribution in [2.45, 2.75) is 32.4 Å². The molecule has 2 rings (SSSR count). The highest BCUT2D eigenvalue weighted by Gasteiger charge is 2.23. The van der Waals surface area contributed by atoms with Crippen molar-refractivity contribution in [2.75, 3.05) is 13.1 Å². The van der Waals surface area contributed by atoms with E-state index in [0.717, 1.165) is 24.5 Å². The highest BCUT2D eigenvalue weighted by Crippen LogP contribution is 2.27. The average Bonchev–Trinajstić information content (AvgIpc) is 2.73. The van der Waals surface area contributed by atoms with Crippen LogP contribution in [0.1, 0.15) is 31.0 Å². The van der Waals surface area contributed by atoms with Crippen LogP contribution in [-0.2, 0) is 12.1 Å². The Morgan fingerprint density at radius 3 is 3.00 bits per heavy atom. The summed E-state index contributed by atoms with van der Waals surface area (Å²) in [5, 5.41) is 6.25. The van der Waals surface area contributed by atoms with Crippen molar-refractivity contribution in [3.8, 4) is 0 Å². The maximum absolute atomic E-state index is 13.6. The summed E-state index contributed by atoms with van der Waals surface area (Å²) in [6.45, 7) is 5.30. The zero-order valence-corrected chi connectivity index (χ0v) is 10.0. The number of nitrogens with one attached hydrogen (secondary N) is 1. The van der Waals surface area contributed by atoms with Gasteiger partial charge in [-0.3, -0.25) is 0 Å². The summed E-state index contributed by atoms with van der Waals surface area (Å²) < 4.78 is 13.6. The molecule has 1 aromatic heterocycles. The summed E-state index contributed by atoms with van der Waals surface area (Å²) in [5.41, 5.74) is -0.726. The van der Waals surface area contributed by atoms with Crippen molar-refractivity contribution in [2.24, 2.45) is 5.92 Å². The van der Waals surface area contributed by atoms with Crippen molar-refractivity contribution in [1.29, 1.82) is 0 Å². The average molecular weight is 228 g/mol. The maximum Gasteiger partial charge on any atom is 0.148 e. The minimum Gasteiger partial charge on any atom is -0.316 e. The quantitative estimate of drug-likeness (QED) is 0.860. The highest BCUT2D eigenvalue weighted by atomic mass is 32.1. The molecule has 15 heavy (non-hydrogen) atoms. The largest absolute Gasteiger partial charge is 0.316 e. The number of hydrogen-bond acceptors (Lipinski definition) is 3. The lowest BCUT2D eigenvalue weighted by molar-refractivity contribution is 0.215. The number of rotatable bonds is 3. The van der Waals surface area contributed by atoms with Gasteiger partial charge in [-0.15, -0.1) is 11.3 Å². The minimum absolute atomic E-state index is 0.577. The third-order valence-corrected chi connectivity index (χ3v) is 3.66. The van der Waals surface area contributed by atoms with E-state index >= 15 is 0 Å². The molecular weight excluding hydrogens is 211 g/mol. The fraction of sp³-hybridized carbons (Fsp3) is 0.727. The zero-order chi connectivity index (χ0) is 10.9. The summed E-state index contributed by atoms with van der Waals surface area (Å²) in [7, 11) is 0. The van der Waals surface area contributed by atoms with Crippen LogP contribution >= 0.6 is 11.3 Å². The molecule has 0 radical (unpaired) electrons. The maximum atomic E-state index is 13.6. The number of halogens is 1. The first-order valence-corrected chi connectivity index (χ1v) is 6.28. The first kappa shape index (κ1) is 11.0. The second-order valence-electron chi connectivity index (χ2n) is 4.66. The highest BCUT2D eigenvalue weighted by molar-refractivity contribution is 7.09. The van der Waals surface area contributed by atoms with Crippen molar-refractivity contribution in [1.82, 2.24) is 10.3 Å². The molecule has 4 heteroatoms. The van der Waals surface area contributed by atoms with Gasteiger partial charge in [0.05, 0.1) is 10.7 Å². The fourth-order valence-corrected chi connectivity index (χ4v) is 2.88. The summed E-state index contributed by atoms with van der Waals surface area (Å²) >= 11 is 1.58. The van der Waals surface area contributed by atoms with Crippen LogP contribution in [0.5, 0.6) is 0 Å². The van der Waals surface area contributed by atoms with Crippen LogP contribution in [0, 0.1) is 5.92 Å². The van der Waals surface area contributed by atoms with Gasteiger partial charge in [-0.05, 0) is 39.3 Å². The van der Waals surface area contributed by atoms with Crippen LogP contribution < -0.4 is 5.32 Å². The molecule has 0 amide bonds. The number of hydrogen-bond donors (Lipinski definition) is 1. The molecule has 2 nitrogen and oxygen atoms in total. The normalized spacial score (nSPS) is 22.2. The lowest BCUT2D eigenvalue weighted by atomic mass is 10.1. The van der Waals surface area contributed by atoms with Crippen LogP contribution in [-0.4, -0.2) is 18.1 Å². The molecule has 0 saturated carbocycles. The van der Waals surface area contributed by atoms with Gasteiger partial charge < -0.3 is 5.32 Å². The lowest BCUT2D eigenvalue weighted by Crippen LogP contribution is -2.12. The van der Waals surface area contributed by atoms with Gasteiger partial charge in [-0.25, -0.2) is 9.37 Å². The van der Waals surface area contributed by atoms with Crippen molar-refractivity contribution in [3.05, 3.63) is 16.1 Å². The summed E-state index contributed by atoms with van der Waals surface area (Å²) in [6, 6.07) is 0. The van der Waals surface area contributed by atoms with E-state index in [-0.39, 0.29) is 0 Å². The molecule has 1 fully saturated rings. The Hall–Kier alpha value is -0.480. The second kappa shape index (κ2) is 4.18. The first-order chi connectivity index (χ1) is 7.05. The molecule has 0 spiro atoms. The fourth-order valence-electron chi connectivity index (χ4n) is 1.81. The molecule has 0 aromatic carbocycles. The third kappa shape index (κ3) is 2.75.